The first-order chi connectivity index (χ1) is 5.56. The van der Waals surface area contributed by atoms with Crippen molar-refractivity contribution in [2.45, 2.75) is 26.7 Å². The van der Waals surface area contributed by atoms with Crippen LogP contribution < -0.4 is 0 Å². The predicted octanol–water partition coefficient (Wildman–Crippen LogP) is 3.72. The molecule has 0 amide bonds. The summed E-state index contributed by atoms with van der Waals surface area (Å²) in [4.78, 5) is 0. The second kappa shape index (κ2) is 5.70. The molecule has 0 aliphatic carbocycles. The summed E-state index contributed by atoms with van der Waals surface area (Å²) in [6.45, 7) is 7.25. The van der Waals surface area contributed by atoms with E-state index in [0.29, 0.717) is 0 Å². The summed E-state index contributed by atoms with van der Waals surface area (Å²) < 4.78 is 23.5. The maximum absolute atomic E-state index is 11.7. The summed E-state index contributed by atoms with van der Waals surface area (Å²) in [5.41, 5.74) is 1.84. The van der Waals surface area contributed by atoms with Crippen LogP contribution in [-0.2, 0) is 0 Å². The number of alkyl halides is 2. The Morgan fingerprint density at radius 1 is 1.33 bits per heavy atom. The molecule has 0 bridgehead atoms. The van der Waals surface area contributed by atoms with Crippen LogP contribution in [0.15, 0.2) is 36.0 Å². The zero-order valence-corrected chi connectivity index (χ0v) is 7.48. The minimum Gasteiger partial charge on any atom is -0.210 e. The quantitative estimate of drug-likeness (QED) is 0.567. The predicted molar refractivity (Wildman–Crippen MR) is 48.3 cm³/mol. The zero-order chi connectivity index (χ0) is 9.56. The second-order valence-corrected chi connectivity index (χ2v) is 2.67. The minimum absolute atomic E-state index is 0.174. The first kappa shape index (κ1) is 11.1. The minimum atomic E-state index is -2.25. The van der Waals surface area contributed by atoms with E-state index in [1.165, 1.54) is 6.08 Å². The van der Waals surface area contributed by atoms with E-state index in [1.54, 1.807) is 13.0 Å². The smallest absolute Gasteiger partial charge is 0.210 e. The van der Waals surface area contributed by atoms with E-state index in [4.69, 9.17) is 0 Å². The molecular formula is C10H14F2. The van der Waals surface area contributed by atoms with Crippen LogP contribution in [0.25, 0.3) is 0 Å². The summed E-state index contributed by atoms with van der Waals surface area (Å²) in [6.07, 6.45) is 2.62. The van der Waals surface area contributed by atoms with Crippen molar-refractivity contribution in [3.05, 3.63) is 36.0 Å². The highest BCUT2D eigenvalue weighted by molar-refractivity contribution is 5.26. The SMILES string of the molecule is C=C/C(C)=C\C(C)=C/CC(F)F. The Labute approximate surface area is 72.3 Å². The van der Waals surface area contributed by atoms with Crippen molar-refractivity contribution >= 4 is 0 Å². The van der Waals surface area contributed by atoms with E-state index in [1.807, 2.05) is 13.0 Å². The molecule has 2 heteroatoms. The fraction of sp³-hybridized carbons (Fsp3) is 0.400. The molecule has 0 saturated carbocycles. The molecule has 0 N–H and O–H groups in total. The third kappa shape index (κ3) is 5.83. The molecular weight excluding hydrogens is 158 g/mol. The maximum atomic E-state index is 11.7. The Balaban J connectivity index is 4.10. The number of halogens is 2. The summed E-state index contributed by atoms with van der Waals surface area (Å²) in [5, 5.41) is 0. The topological polar surface area (TPSA) is 0 Å². The number of hydrogen-bond acceptors (Lipinski definition) is 0. The third-order valence-corrected chi connectivity index (χ3v) is 1.40. The van der Waals surface area contributed by atoms with E-state index >= 15 is 0 Å². The molecule has 0 aromatic heterocycles. The van der Waals surface area contributed by atoms with Crippen molar-refractivity contribution in [2.75, 3.05) is 0 Å². The van der Waals surface area contributed by atoms with Gasteiger partial charge in [-0.2, -0.15) is 0 Å². The maximum Gasteiger partial charge on any atom is 0.242 e. The van der Waals surface area contributed by atoms with E-state index < -0.39 is 6.43 Å². The summed E-state index contributed by atoms with van der Waals surface area (Å²) in [6, 6.07) is 0. The van der Waals surface area contributed by atoms with Gasteiger partial charge in [0.1, 0.15) is 0 Å². The zero-order valence-electron chi connectivity index (χ0n) is 7.48. The molecule has 12 heavy (non-hydrogen) atoms. The van der Waals surface area contributed by atoms with Gasteiger partial charge in [-0.3, -0.25) is 0 Å². The Morgan fingerprint density at radius 2 is 1.92 bits per heavy atom. The largest absolute Gasteiger partial charge is 0.242 e. The van der Waals surface area contributed by atoms with Crippen LogP contribution in [0, 0.1) is 0 Å². The molecule has 0 radical (unpaired) electrons. The van der Waals surface area contributed by atoms with Gasteiger partial charge in [-0.05, 0) is 13.8 Å². The molecule has 0 aromatic carbocycles. The fourth-order valence-corrected chi connectivity index (χ4v) is 0.752. The average Bonchev–Trinajstić information content (AvgIpc) is 2.00. The lowest BCUT2D eigenvalue weighted by molar-refractivity contribution is 0.152. The van der Waals surface area contributed by atoms with Crippen LogP contribution in [0.5, 0.6) is 0 Å². The van der Waals surface area contributed by atoms with E-state index in [2.05, 4.69) is 6.58 Å². The van der Waals surface area contributed by atoms with E-state index in [-0.39, 0.29) is 6.42 Å². The van der Waals surface area contributed by atoms with Gasteiger partial charge in [-0.25, -0.2) is 8.78 Å². The Morgan fingerprint density at radius 3 is 2.33 bits per heavy atom. The molecule has 0 fully saturated rings. The van der Waals surface area contributed by atoms with Crippen LogP contribution in [0.3, 0.4) is 0 Å². The van der Waals surface area contributed by atoms with Crippen LogP contribution >= 0.6 is 0 Å². The molecule has 0 saturated heterocycles. The van der Waals surface area contributed by atoms with Gasteiger partial charge in [0.05, 0.1) is 0 Å². The summed E-state index contributed by atoms with van der Waals surface area (Å²) >= 11 is 0. The van der Waals surface area contributed by atoms with E-state index in [0.717, 1.165) is 11.1 Å². The van der Waals surface area contributed by atoms with Crippen molar-refractivity contribution in [3.8, 4) is 0 Å². The Bertz CT molecular complexity index is 200. The average molecular weight is 172 g/mol. The highest BCUT2D eigenvalue weighted by atomic mass is 19.3. The van der Waals surface area contributed by atoms with Gasteiger partial charge in [0, 0.05) is 6.42 Å². The highest BCUT2D eigenvalue weighted by Gasteiger charge is 1.97. The van der Waals surface area contributed by atoms with Gasteiger partial charge >= 0.3 is 0 Å². The summed E-state index contributed by atoms with van der Waals surface area (Å²) in [7, 11) is 0. The molecule has 0 aromatic rings. The van der Waals surface area contributed by atoms with Crippen molar-refractivity contribution in [1.29, 1.82) is 0 Å². The molecule has 0 rings (SSSR count). The molecule has 68 valence electrons. The van der Waals surface area contributed by atoms with Gasteiger partial charge in [-0.1, -0.05) is 36.0 Å². The lowest BCUT2D eigenvalue weighted by Gasteiger charge is -1.95. The third-order valence-electron chi connectivity index (χ3n) is 1.40. The molecule has 0 unspecified atom stereocenters. The van der Waals surface area contributed by atoms with Crippen molar-refractivity contribution < 1.29 is 8.78 Å². The second-order valence-electron chi connectivity index (χ2n) is 2.67. The number of rotatable bonds is 4. The first-order valence-electron chi connectivity index (χ1n) is 3.82. The van der Waals surface area contributed by atoms with Crippen LogP contribution in [0.4, 0.5) is 8.78 Å². The Kier molecular flexibility index (Phi) is 5.26. The molecule has 0 heterocycles. The van der Waals surface area contributed by atoms with Crippen LogP contribution in [0.2, 0.25) is 0 Å². The lowest BCUT2D eigenvalue weighted by atomic mass is 10.1. The number of allylic oxidation sites excluding steroid dienone is 5. The van der Waals surface area contributed by atoms with Gasteiger partial charge < -0.3 is 0 Å². The van der Waals surface area contributed by atoms with Crippen molar-refractivity contribution in [2.24, 2.45) is 0 Å². The van der Waals surface area contributed by atoms with Gasteiger partial charge in [0.15, 0.2) is 0 Å². The lowest BCUT2D eigenvalue weighted by Crippen LogP contribution is -1.86. The highest BCUT2D eigenvalue weighted by Crippen LogP contribution is 2.07. The van der Waals surface area contributed by atoms with Gasteiger partial charge in [-0.15, -0.1) is 0 Å². The standard InChI is InChI=1S/C10H14F2/c1-4-8(2)7-9(3)5-6-10(11)12/h4-5,7,10H,1,6H2,2-3H3/b8-7-,9-5-. The van der Waals surface area contributed by atoms with Crippen LogP contribution in [-0.4, -0.2) is 6.43 Å². The molecule has 0 aliphatic rings. The van der Waals surface area contributed by atoms with E-state index in [9.17, 15) is 8.78 Å². The molecule has 0 atom stereocenters. The van der Waals surface area contributed by atoms with Crippen molar-refractivity contribution in [1.82, 2.24) is 0 Å². The normalized spacial score (nSPS) is 13.8. The first-order valence-corrected chi connectivity index (χ1v) is 3.82. The van der Waals surface area contributed by atoms with Gasteiger partial charge in [0.25, 0.3) is 0 Å². The monoisotopic (exact) mass is 172 g/mol. The number of hydrogen-bond donors (Lipinski definition) is 0. The fourth-order valence-electron chi connectivity index (χ4n) is 0.752. The van der Waals surface area contributed by atoms with Crippen molar-refractivity contribution in [3.63, 3.8) is 0 Å². The molecule has 0 nitrogen and oxygen atoms in total. The van der Waals surface area contributed by atoms with Crippen LogP contribution in [0.1, 0.15) is 20.3 Å². The molecule has 0 aliphatic heterocycles. The molecule has 0 spiro atoms. The summed E-state index contributed by atoms with van der Waals surface area (Å²) in [5.74, 6) is 0. The Hall–Kier alpha value is -0.920. The van der Waals surface area contributed by atoms with Gasteiger partial charge in [0.2, 0.25) is 6.43 Å².